The van der Waals surface area contributed by atoms with Crippen LogP contribution in [0.2, 0.25) is 5.15 Å². The number of aryl methyl sites for hydroxylation is 1. The van der Waals surface area contributed by atoms with E-state index in [1.165, 1.54) is 0 Å². The Morgan fingerprint density at radius 2 is 2.20 bits per heavy atom. The highest BCUT2D eigenvalue weighted by molar-refractivity contribution is 6.29. The molecule has 0 saturated carbocycles. The molecule has 15 heavy (non-hydrogen) atoms. The van der Waals surface area contributed by atoms with Crippen molar-refractivity contribution in [3.63, 3.8) is 0 Å². The maximum absolute atomic E-state index is 11.6. The zero-order valence-corrected chi connectivity index (χ0v) is 9.01. The second kappa shape index (κ2) is 3.98. The van der Waals surface area contributed by atoms with Crippen molar-refractivity contribution >= 4 is 22.6 Å². The molecule has 0 bridgehead atoms. The van der Waals surface area contributed by atoms with Crippen LogP contribution in [-0.2, 0) is 6.42 Å². The van der Waals surface area contributed by atoms with Gasteiger partial charge in [0.15, 0.2) is 5.52 Å². The lowest BCUT2D eigenvalue weighted by atomic mass is 10.3. The third kappa shape index (κ3) is 1.99. The molecule has 0 aliphatic heterocycles. The Labute approximate surface area is 91.3 Å². The minimum absolute atomic E-state index is 0.231. The third-order valence-corrected chi connectivity index (χ3v) is 2.27. The highest BCUT2D eigenvalue weighted by Crippen LogP contribution is 2.10. The fourth-order valence-electron chi connectivity index (χ4n) is 1.40. The summed E-state index contributed by atoms with van der Waals surface area (Å²) in [4.78, 5) is 22.5. The van der Waals surface area contributed by atoms with E-state index in [1.807, 2.05) is 6.92 Å². The van der Waals surface area contributed by atoms with Gasteiger partial charge in [0.1, 0.15) is 11.0 Å². The van der Waals surface area contributed by atoms with Gasteiger partial charge in [-0.15, -0.1) is 0 Å². The summed E-state index contributed by atoms with van der Waals surface area (Å²) >= 11 is 5.70. The number of H-pyrrole nitrogens is 1. The number of hydrogen-bond acceptors (Lipinski definition) is 3. The molecule has 78 valence electrons. The Kier molecular flexibility index (Phi) is 2.68. The lowest BCUT2D eigenvalue weighted by molar-refractivity contribution is 0.835. The second-order valence-corrected chi connectivity index (χ2v) is 3.65. The highest BCUT2D eigenvalue weighted by Gasteiger charge is 2.04. The molecule has 1 N–H and O–H groups in total. The predicted octanol–water partition coefficient (Wildman–Crippen LogP) is 1.92. The third-order valence-electron chi connectivity index (χ3n) is 2.06. The lowest BCUT2D eigenvalue weighted by Crippen LogP contribution is -2.13. The molecule has 2 heterocycles. The van der Waals surface area contributed by atoms with Crippen LogP contribution in [0.15, 0.2) is 16.9 Å². The number of aromatic amines is 1. The van der Waals surface area contributed by atoms with Crippen LogP contribution in [0.25, 0.3) is 11.0 Å². The van der Waals surface area contributed by atoms with E-state index >= 15 is 0 Å². The molecule has 0 atom stereocenters. The van der Waals surface area contributed by atoms with Gasteiger partial charge in [-0.1, -0.05) is 18.5 Å². The average Bonchev–Trinajstić information content (AvgIpc) is 2.20. The Hall–Kier alpha value is -1.42. The summed E-state index contributed by atoms with van der Waals surface area (Å²) in [6, 6.07) is 3.34. The van der Waals surface area contributed by atoms with Crippen LogP contribution < -0.4 is 5.56 Å². The summed E-state index contributed by atoms with van der Waals surface area (Å²) in [5.74, 6) is 0.694. The summed E-state index contributed by atoms with van der Waals surface area (Å²) in [5, 5.41) is 0.304. The van der Waals surface area contributed by atoms with Gasteiger partial charge in [0, 0.05) is 6.42 Å². The summed E-state index contributed by atoms with van der Waals surface area (Å²) < 4.78 is 0. The maximum Gasteiger partial charge on any atom is 0.277 e. The van der Waals surface area contributed by atoms with Crippen LogP contribution in [0.5, 0.6) is 0 Å². The van der Waals surface area contributed by atoms with Crippen molar-refractivity contribution in [1.29, 1.82) is 0 Å². The minimum Gasteiger partial charge on any atom is -0.309 e. The van der Waals surface area contributed by atoms with Crippen molar-refractivity contribution in [2.45, 2.75) is 19.8 Å². The van der Waals surface area contributed by atoms with Gasteiger partial charge in [-0.2, -0.15) is 0 Å². The van der Waals surface area contributed by atoms with Crippen molar-refractivity contribution in [3.05, 3.63) is 33.5 Å². The van der Waals surface area contributed by atoms with Crippen LogP contribution in [0, 0.1) is 0 Å². The van der Waals surface area contributed by atoms with Gasteiger partial charge in [0.05, 0.1) is 5.52 Å². The highest BCUT2D eigenvalue weighted by atomic mass is 35.5. The standard InChI is InChI=1S/C10H10ClN3O/c1-2-3-8-12-6-4-5-7(11)13-9(6)10(15)14-8/h4-5H,2-3H2,1H3,(H,12,14,15). The van der Waals surface area contributed by atoms with Crippen molar-refractivity contribution in [2.24, 2.45) is 0 Å². The van der Waals surface area contributed by atoms with E-state index < -0.39 is 0 Å². The molecule has 0 amide bonds. The lowest BCUT2D eigenvalue weighted by Gasteiger charge is -2.00. The molecule has 5 heteroatoms. The van der Waals surface area contributed by atoms with Gasteiger partial charge in [-0.3, -0.25) is 4.79 Å². The number of fused-ring (bicyclic) bond motifs is 1. The Morgan fingerprint density at radius 3 is 2.93 bits per heavy atom. The summed E-state index contributed by atoms with van der Waals surface area (Å²) in [6.07, 6.45) is 1.70. The first-order valence-corrected chi connectivity index (χ1v) is 5.14. The Morgan fingerprint density at radius 1 is 1.40 bits per heavy atom. The smallest absolute Gasteiger partial charge is 0.277 e. The number of hydrogen-bond donors (Lipinski definition) is 1. The fraction of sp³-hybridized carbons (Fsp3) is 0.300. The fourth-order valence-corrected chi connectivity index (χ4v) is 1.55. The molecule has 0 unspecified atom stereocenters. The molecular formula is C10H10ClN3O. The second-order valence-electron chi connectivity index (χ2n) is 3.26. The molecule has 0 spiro atoms. The van der Waals surface area contributed by atoms with Crippen molar-refractivity contribution in [2.75, 3.05) is 0 Å². The predicted molar refractivity (Wildman–Crippen MR) is 59.2 cm³/mol. The van der Waals surface area contributed by atoms with Gasteiger partial charge < -0.3 is 4.98 Å². The van der Waals surface area contributed by atoms with Crippen LogP contribution in [0.3, 0.4) is 0 Å². The van der Waals surface area contributed by atoms with Crippen LogP contribution in [-0.4, -0.2) is 15.0 Å². The molecule has 0 aliphatic rings. The molecule has 4 nitrogen and oxygen atoms in total. The van der Waals surface area contributed by atoms with E-state index in [2.05, 4.69) is 15.0 Å². The van der Waals surface area contributed by atoms with Crippen LogP contribution in [0.4, 0.5) is 0 Å². The van der Waals surface area contributed by atoms with Gasteiger partial charge in [-0.05, 0) is 18.6 Å². The molecule has 0 fully saturated rings. The Bertz CT molecular complexity index is 550. The zero-order chi connectivity index (χ0) is 10.8. The van der Waals surface area contributed by atoms with Crippen LogP contribution in [0.1, 0.15) is 19.2 Å². The van der Waals surface area contributed by atoms with Gasteiger partial charge in [0.25, 0.3) is 5.56 Å². The number of aromatic nitrogens is 3. The maximum atomic E-state index is 11.6. The molecule has 0 saturated heterocycles. The molecule has 0 aromatic carbocycles. The molecule has 0 aliphatic carbocycles. The van der Waals surface area contributed by atoms with E-state index in [1.54, 1.807) is 12.1 Å². The molecule has 2 aromatic rings. The normalized spacial score (nSPS) is 10.8. The monoisotopic (exact) mass is 223 g/mol. The number of pyridine rings is 1. The average molecular weight is 224 g/mol. The SMILES string of the molecule is CCCc1nc2ccc(Cl)nc2c(=O)[nH]1. The number of nitrogens with zero attached hydrogens (tertiary/aromatic N) is 2. The first kappa shape index (κ1) is 10.1. The first-order valence-electron chi connectivity index (χ1n) is 4.76. The van der Waals surface area contributed by atoms with Crippen molar-refractivity contribution < 1.29 is 0 Å². The molecule has 2 aromatic heterocycles. The molecule has 2 rings (SSSR count). The van der Waals surface area contributed by atoms with E-state index in [9.17, 15) is 4.79 Å². The van der Waals surface area contributed by atoms with Gasteiger partial charge >= 0.3 is 0 Å². The zero-order valence-electron chi connectivity index (χ0n) is 8.25. The van der Waals surface area contributed by atoms with E-state index in [4.69, 9.17) is 11.6 Å². The quantitative estimate of drug-likeness (QED) is 0.792. The summed E-state index contributed by atoms with van der Waals surface area (Å²) in [6.45, 7) is 2.03. The van der Waals surface area contributed by atoms with E-state index in [0.717, 1.165) is 12.8 Å². The van der Waals surface area contributed by atoms with Gasteiger partial charge in [0.2, 0.25) is 0 Å². The van der Waals surface area contributed by atoms with Crippen molar-refractivity contribution in [1.82, 2.24) is 15.0 Å². The number of nitrogens with one attached hydrogen (secondary N) is 1. The topological polar surface area (TPSA) is 58.6 Å². The van der Waals surface area contributed by atoms with E-state index in [0.29, 0.717) is 22.0 Å². The molecular weight excluding hydrogens is 214 g/mol. The summed E-state index contributed by atoms with van der Waals surface area (Å²) in [7, 11) is 0. The summed E-state index contributed by atoms with van der Waals surface area (Å²) in [5.41, 5.74) is 0.653. The molecule has 0 radical (unpaired) electrons. The largest absolute Gasteiger partial charge is 0.309 e. The van der Waals surface area contributed by atoms with Crippen molar-refractivity contribution in [3.8, 4) is 0 Å². The van der Waals surface area contributed by atoms with Crippen LogP contribution >= 0.6 is 11.6 Å². The number of rotatable bonds is 2. The Balaban J connectivity index is 2.67. The van der Waals surface area contributed by atoms with E-state index in [-0.39, 0.29) is 5.56 Å². The first-order chi connectivity index (χ1) is 7.20. The minimum atomic E-state index is -0.231. The van der Waals surface area contributed by atoms with Gasteiger partial charge in [-0.25, -0.2) is 9.97 Å². The number of halogens is 1.